The summed E-state index contributed by atoms with van der Waals surface area (Å²) in [5.41, 5.74) is 3.51. The van der Waals surface area contributed by atoms with E-state index in [2.05, 4.69) is 15.5 Å². The van der Waals surface area contributed by atoms with Crippen LogP contribution in [0.25, 0.3) is 0 Å². The van der Waals surface area contributed by atoms with Crippen LogP contribution in [0, 0.1) is 6.92 Å². The molecule has 1 aromatic heterocycles. The highest BCUT2D eigenvalue weighted by atomic mass is 32.2. The first kappa shape index (κ1) is 16.2. The Hall–Kier alpha value is -1.66. The number of rotatable bonds is 5. The molecule has 0 fully saturated rings. The van der Waals surface area contributed by atoms with Gasteiger partial charge in [0.15, 0.2) is 9.84 Å². The SMILES string of the molecule is Cc1ccc(S(=O)(=O)C[C@H](C)N[C@H]2CCc3[nH]ncc3C2)cc1. The van der Waals surface area contributed by atoms with Crippen LogP contribution in [-0.2, 0) is 22.7 Å². The molecule has 0 saturated carbocycles. The summed E-state index contributed by atoms with van der Waals surface area (Å²) in [7, 11) is -3.26. The van der Waals surface area contributed by atoms with Crippen molar-refractivity contribution in [3.05, 3.63) is 47.3 Å². The van der Waals surface area contributed by atoms with Gasteiger partial charge in [-0.15, -0.1) is 0 Å². The number of benzene rings is 1. The van der Waals surface area contributed by atoms with Gasteiger partial charge in [0.05, 0.1) is 16.8 Å². The monoisotopic (exact) mass is 333 g/mol. The fourth-order valence-corrected chi connectivity index (χ4v) is 4.68. The third-order valence-corrected chi connectivity index (χ3v) is 6.32. The van der Waals surface area contributed by atoms with E-state index in [0.717, 1.165) is 24.8 Å². The smallest absolute Gasteiger partial charge is 0.179 e. The summed E-state index contributed by atoms with van der Waals surface area (Å²) in [6.45, 7) is 3.89. The number of aromatic nitrogens is 2. The predicted molar refractivity (Wildman–Crippen MR) is 90.2 cm³/mol. The van der Waals surface area contributed by atoms with Crippen molar-refractivity contribution in [3.8, 4) is 0 Å². The molecular weight excluding hydrogens is 310 g/mol. The molecule has 1 aliphatic carbocycles. The summed E-state index contributed by atoms with van der Waals surface area (Å²) in [6.07, 6.45) is 4.74. The van der Waals surface area contributed by atoms with Crippen molar-refractivity contribution in [2.24, 2.45) is 0 Å². The number of fused-ring (bicyclic) bond motifs is 1. The van der Waals surface area contributed by atoms with Crippen LogP contribution in [0.3, 0.4) is 0 Å². The molecule has 6 heteroatoms. The molecule has 23 heavy (non-hydrogen) atoms. The second kappa shape index (κ2) is 6.45. The van der Waals surface area contributed by atoms with Crippen LogP contribution in [0.15, 0.2) is 35.4 Å². The zero-order valence-corrected chi connectivity index (χ0v) is 14.4. The van der Waals surface area contributed by atoms with Crippen molar-refractivity contribution in [2.75, 3.05) is 5.75 Å². The molecule has 0 radical (unpaired) electrons. The van der Waals surface area contributed by atoms with Crippen molar-refractivity contribution in [1.29, 1.82) is 0 Å². The minimum absolute atomic E-state index is 0.0836. The van der Waals surface area contributed by atoms with Gasteiger partial charge in [-0.25, -0.2) is 8.42 Å². The second-order valence-electron chi connectivity index (χ2n) is 6.48. The Bertz CT molecular complexity index is 765. The maximum absolute atomic E-state index is 12.5. The van der Waals surface area contributed by atoms with E-state index < -0.39 is 9.84 Å². The molecular formula is C17H23N3O2S. The molecule has 0 bridgehead atoms. The molecule has 2 aromatic rings. The lowest BCUT2D eigenvalue weighted by Gasteiger charge is -2.26. The molecule has 1 aliphatic rings. The number of H-pyrrole nitrogens is 1. The standard InChI is InChI=1S/C17H23N3O2S/c1-12-3-6-16(7-4-12)23(21,22)11-13(2)19-15-5-8-17-14(9-15)10-18-20-17/h3-4,6-7,10,13,15,19H,5,8-9,11H2,1-2H3,(H,18,20)/t13-,15-/m0/s1. The average Bonchev–Trinajstić information content (AvgIpc) is 2.94. The minimum Gasteiger partial charge on any atom is -0.310 e. The molecule has 0 aliphatic heterocycles. The predicted octanol–water partition coefficient (Wildman–Crippen LogP) is 2.03. The average molecular weight is 333 g/mol. The molecule has 0 unspecified atom stereocenters. The van der Waals surface area contributed by atoms with E-state index in [1.54, 1.807) is 12.1 Å². The third-order valence-electron chi connectivity index (χ3n) is 4.39. The highest BCUT2D eigenvalue weighted by Crippen LogP contribution is 2.20. The number of nitrogens with one attached hydrogen (secondary N) is 2. The molecule has 0 saturated heterocycles. The Balaban J connectivity index is 1.61. The van der Waals surface area contributed by atoms with Gasteiger partial charge in [0, 0.05) is 17.8 Å². The van der Waals surface area contributed by atoms with Gasteiger partial charge in [0.2, 0.25) is 0 Å². The van der Waals surface area contributed by atoms with E-state index in [9.17, 15) is 8.42 Å². The van der Waals surface area contributed by atoms with Crippen molar-refractivity contribution in [3.63, 3.8) is 0 Å². The first-order valence-corrected chi connectivity index (χ1v) is 9.66. The zero-order valence-electron chi connectivity index (χ0n) is 13.5. The first-order valence-electron chi connectivity index (χ1n) is 8.00. The quantitative estimate of drug-likeness (QED) is 0.878. The Morgan fingerprint density at radius 1 is 1.35 bits per heavy atom. The van der Waals surface area contributed by atoms with Gasteiger partial charge in [0.25, 0.3) is 0 Å². The van der Waals surface area contributed by atoms with E-state index in [-0.39, 0.29) is 11.8 Å². The van der Waals surface area contributed by atoms with E-state index in [1.807, 2.05) is 32.2 Å². The van der Waals surface area contributed by atoms with Crippen LogP contribution in [-0.4, -0.2) is 36.5 Å². The van der Waals surface area contributed by atoms with Crippen molar-refractivity contribution in [1.82, 2.24) is 15.5 Å². The van der Waals surface area contributed by atoms with E-state index in [0.29, 0.717) is 10.9 Å². The number of aryl methyl sites for hydroxylation is 2. The van der Waals surface area contributed by atoms with Crippen LogP contribution in [0.4, 0.5) is 0 Å². The zero-order chi connectivity index (χ0) is 16.4. The maximum Gasteiger partial charge on any atom is 0.179 e. The lowest BCUT2D eigenvalue weighted by atomic mass is 9.93. The fourth-order valence-electron chi connectivity index (χ4n) is 3.18. The summed E-state index contributed by atoms with van der Waals surface area (Å²) in [6, 6.07) is 7.29. The van der Waals surface area contributed by atoms with Crippen molar-refractivity contribution < 1.29 is 8.42 Å². The molecule has 0 spiro atoms. The van der Waals surface area contributed by atoms with Gasteiger partial charge in [-0.1, -0.05) is 17.7 Å². The van der Waals surface area contributed by atoms with E-state index in [4.69, 9.17) is 0 Å². The molecule has 1 heterocycles. The van der Waals surface area contributed by atoms with Crippen molar-refractivity contribution >= 4 is 9.84 Å². The number of nitrogens with zero attached hydrogens (tertiary/aromatic N) is 1. The number of hydrogen-bond acceptors (Lipinski definition) is 4. The van der Waals surface area contributed by atoms with Crippen LogP contribution >= 0.6 is 0 Å². The summed E-state index contributed by atoms with van der Waals surface area (Å²) < 4.78 is 25.0. The number of sulfone groups is 1. The Morgan fingerprint density at radius 2 is 2.09 bits per heavy atom. The molecule has 3 rings (SSSR count). The van der Waals surface area contributed by atoms with Gasteiger partial charge < -0.3 is 5.32 Å². The van der Waals surface area contributed by atoms with Crippen LogP contribution in [0.5, 0.6) is 0 Å². The maximum atomic E-state index is 12.5. The Labute approximate surface area is 137 Å². The Morgan fingerprint density at radius 3 is 2.83 bits per heavy atom. The molecule has 5 nitrogen and oxygen atoms in total. The largest absolute Gasteiger partial charge is 0.310 e. The van der Waals surface area contributed by atoms with E-state index in [1.165, 1.54) is 11.3 Å². The third kappa shape index (κ3) is 3.82. The lowest BCUT2D eigenvalue weighted by molar-refractivity contribution is 0.419. The first-order chi connectivity index (χ1) is 10.9. The summed E-state index contributed by atoms with van der Waals surface area (Å²) in [5.74, 6) is 0.116. The topological polar surface area (TPSA) is 74.8 Å². The molecule has 1 aromatic carbocycles. The second-order valence-corrected chi connectivity index (χ2v) is 8.51. The number of aromatic amines is 1. The highest BCUT2D eigenvalue weighted by molar-refractivity contribution is 7.91. The molecule has 2 atom stereocenters. The molecule has 124 valence electrons. The fraction of sp³-hybridized carbons (Fsp3) is 0.471. The summed E-state index contributed by atoms with van der Waals surface area (Å²) in [4.78, 5) is 0.400. The van der Waals surface area contributed by atoms with Gasteiger partial charge in [0.1, 0.15) is 0 Å². The van der Waals surface area contributed by atoms with Crippen molar-refractivity contribution in [2.45, 2.75) is 50.1 Å². The molecule has 2 N–H and O–H groups in total. The van der Waals surface area contributed by atoms with Crippen LogP contribution in [0.2, 0.25) is 0 Å². The number of hydrogen-bond donors (Lipinski definition) is 2. The Kier molecular flexibility index (Phi) is 4.55. The lowest BCUT2D eigenvalue weighted by Crippen LogP contribution is -2.43. The normalized spacial score (nSPS) is 19.3. The van der Waals surface area contributed by atoms with Gasteiger partial charge in [-0.3, -0.25) is 5.10 Å². The summed E-state index contributed by atoms with van der Waals surface area (Å²) >= 11 is 0. The van der Waals surface area contributed by atoms with Crippen LogP contribution < -0.4 is 5.32 Å². The van der Waals surface area contributed by atoms with Gasteiger partial charge >= 0.3 is 0 Å². The van der Waals surface area contributed by atoms with Crippen LogP contribution in [0.1, 0.15) is 30.2 Å². The van der Waals surface area contributed by atoms with Gasteiger partial charge in [-0.2, -0.15) is 5.10 Å². The highest BCUT2D eigenvalue weighted by Gasteiger charge is 2.24. The summed E-state index contributed by atoms with van der Waals surface area (Å²) in [5, 5.41) is 10.6. The van der Waals surface area contributed by atoms with E-state index >= 15 is 0 Å². The van der Waals surface area contributed by atoms with Gasteiger partial charge in [-0.05, 0) is 50.8 Å². The minimum atomic E-state index is -3.26. The molecule has 0 amide bonds.